The van der Waals surface area contributed by atoms with E-state index >= 15 is 0 Å². The summed E-state index contributed by atoms with van der Waals surface area (Å²) >= 11 is 0. The van der Waals surface area contributed by atoms with Gasteiger partial charge in [0.1, 0.15) is 13.2 Å². The molecule has 0 heterocycles. The van der Waals surface area contributed by atoms with Gasteiger partial charge < -0.3 is 28.8 Å². The van der Waals surface area contributed by atoms with E-state index in [1.54, 1.807) is 6.08 Å². The molecule has 3 unspecified atom stereocenters. The summed E-state index contributed by atoms with van der Waals surface area (Å²) in [7, 11) is 1.19. The van der Waals surface area contributed by atoms with Crippen molar-refractivity contribution in [2.75, 3.05) is 40.9 Å². The lowest BCUT2D eigenvalue weighted by molar-refractivity contribution is -0.870. The minimum atomic E-state index is -4.63. The highest BCUT2D eigenvalue weighted by Gasteiger charge is 2.23. The summed E-state index contributed by atoms with van der Waals surface area (Å²) in [6, 6.07) is -0.937. The quantitative estimate of drug-likeness (QED) is 0.0272. The number of amides is 1. The molecule has 70 heavy (non-hydrogen) atoms. The van der Waals surface area contributed by atoms with E-state index in [2.05, 4.69) is 129 Å². The van der Waals surface area contributed by atoms with Crippen LogP contribution in [0.3, 0.4) is 0 Å². The van der Waals surface area contributed by atoms with Crippen molar-refractivity contribution in [2.24, 2.45) is 0 Å². The van der Waals surface area contributed by atoms with Gasteiger partial charge in [0, 0.05) is 6.42 Å². The van der Waals surface area contributed by atoms with Crippen LogP contribution in [-0.2, 0) is 18.4 Å². The number of carbonyl (C=O) groups is 1. The number of nitrogens with zero attached hydrogens (tertiary/aromatic N) is 1. The number of aliphatic hydroxyl groups is 1. The Hall–Kier alpha value is -3.10. The van der Waals surface area contributed by atoms with Gasteiger partial charge in [0.05, 0.1) is 39.9 Å². The zero-order valence-electron chi connectivity index (χ0n) is 45.4. The molecule has 3 atom stereocenters. The molecular weight excluding hydrogens is 888 g/mol. The third-order valence-corrected chi connectivity index (χ3v) is 12.6. The van der Waals surface area contributed by atoms with Crippen LogP contribution in [0.5, 0.6) is 0 Å². The molecule has 0 rings (SSSR count). The van der Waals surface area contributed by atoms with Crippen LogP contribution >= 0.6 is 7.82 Å². The highest BCUT2D eigenvalue weighted by Crippen LogP contribution is 2.38. The number of nitrogens with one attached hydrogen (secondary N) is 1. The minimum Gasteiger partial charge on any atom is -0.756 e. The number of aliphatic hydroxyl groups excluding tert-OH is 1. The molecule has 0 saturated carbocycles. The van der Waals surface area contributed by atoms with E-state index in [1.807, 2.05) is 27.2 Å². The summed E-state index contributed by atoms with van der Waals surface area (Å²) < 4.78 is 23.3. The monoisotopic (exact) mass is 993 g/mol. The molecule has 400 valence electrons. The summed E-state index contributed by atoms with van der Waals surface area (Å²) in [4.78, 5) is 25.5. The van der Waals surface area contributed by atoms with Crippen LogP contribution in [0.25, 0.3) is 0 Å². The second-order valence-electron chi connectivity index (χ2n) is 19.5. The maximum Gasteiger partial charge on any atom is 0.268 e. The lowest BCUT2D eigenvalue weighted by Crippen LogP contribution is -2.45. The first-order valence-corrected chi connectivity index (χ1v) is 29.4. The number of phosphoric ester groups is 1. The molecule has 0 aliphatic rings. The molecule has 0 aliphatic heterocycles. The van der Waals surface area contributed by atoms with Crippen LogP contribution in [0, 0.1) is 0 Å². The molecule has 0 aliphatic carbocycles. The second-order valence-corrected chi connectivity index (χ2v) is 21.0. The normalized spacial score (nSPS) is 14.9. The van der Waals surface area contributed by atoms with Gasteiger partial charge in [0.25, 0.3) is 7.82 Å². The van der Waals surface area contributed by atoms with Gasteiger partial charge in [0.2, 0.25) is 5.91 Å². The third kappa shape index (κ3) is 52.7. The van der Waals surface area contributed by atoms with Crippen LogP contribution in [0.2, 0.25) is 0 Å². The van der Waals surface area contributed by atoms with Crippen LogP contribution in [-0.4, -0.2) is 68.5 Å². The number of rotatable bonds is 49. The summed E-state index contributed by atoms with van der Waals surface area (Å²) in [5.41, 5.74) is 0. The largest absolute Gasteiger partial charge is 0.756 e. The van der Waals surface area contributed by atoms with Gasteiger partial charge in [-0.2, -0.15) is 0 Å². The Bertz CT molecular complexity index is 1550. The molecule has 0 bridgehead atoms. The number of allylic oxidation sites excluding steroid dienone is 19. The Morgan fingerprint density at radius 1 is 0.514 bits per heavy atom. The molecule has 0 aromatic heterocycles. The average molecular weight is 993 g/mol. The minimum absolute atomic E-state index is 0.0220. The zero-order chi connectivity index (χ0) is 51.3. The molecule has 1 amide bonds. The van der Waals surface area contributed by atoms with Gasteiger partial charge in [-0.1, -0.05) is 225 Å². The van der Waals surface area contributed by atoms with E-state index in [1.165, 1.54) is 96.3 Å². The average Bonchev–Trinajstić information content (AvgIpc) is 3.32. The summed E-state index contributed by atoms with van der Waals surface area (Å²) in [5, 5.41) is 13.8. The van der Waals surface area contributed by atoms with Crippen molar-refractivity contribution in [2.45, 2.75) is 219 Å². The molecule has 0 aromatic carbocycles. The van der Waals surface area contributed by atoms with Crippen LogP contribution in [0.15, 0.2) is 122 Å². The topological polar surface area (TPSA) is 108 Å². The Kier molecular flexibility index (Phi) is 48.6. The summed E-state index contributed by atoms with van der Waals surface area (Å²) in [6.45, 7) is 4.47. The lowest BCUT2D eigenvalue weighted by Gasteiger charge is -2.29. The van der Waals surface area contributed by atoms with E-state index in [0.717, 1.165) is 83.5 Å². The summed E-state index contributed by atoms with van der Waals surface area (Å²) in [5.74, 6) is -0.254. The van der Waals surface area contributed by atoms with Crippen LogP contribution in [0.4, 0.5) is 0 Å². The molecule has 0 spiro atoms. The Labute approximate surface area is 431 Å². The predicted octanol–water partition coefficient (Wildman–Crippen LogP) is 16.3. The molecule has 0 aromatic rings. The highest BCUT2D eigenvalue weighted by molar-refractivity contribution is 7.45. The smallest absolute Gasteiger partial charge is 0.268 e. The fourth-order valence-corrected chi connectivity index (χ4v) is 8.02. The Balaban J connectivity index is 4.43. The number of phosphoric acid groups is 1. The SMILES string of the molecule is CC/C=C\C/C=C\C/C=C\C/C=C\C/C=C\C/C=C\C/C=C\C/C=C\CCCCC(=O)NC(COP(=O)([O-])OCC[N+](C)(C)C)C(O)/C=C/CC/C=C/CCCCCCCCCCCCCCCCC. The number of hydrogen-bond donors (Lipinski definition) is 2. The van der Waals surface area contributed by atoms with E-state index in [0.29, 0.717) is 17.4 Å². The molecule has 2 N–H and O–H groups in total. The molecule has 0 fully saturated rings. The van der Waals surface area contributed by atoms with Gasteiger partial charge in [-0.25, -0.2) is 0 Å². The first-order valence-electron chi connectivity index (χ1n) is 27.9. The van der Waals surface area contributed by atoms with Crippen molar-refractivity contribution < 1.29 is 32.9 Å². The molecule has 0 saturated heterocycles. The first kappa shape index (κ1) is 66.9. The van der Waals surface area contributed by atoms with Crippen molar-refractivity contribution >= 4 is 13.7 Å². The molecule has 8 nitrogen and oxygen atoms in total. The van der Waals surface area contributed by atoms with Gasteiger partial charge in [0.15, 0.2) is 0 Å². The molecular formula is C61H105N2O6P. The van der Waals surface area contributed by atoms with E-state index in [-0.39, 0.29) is 18.9 Å². The van der Waals surface area contributed by atoms with Crippen molar-refractivity contribution in [1.82, 2.24) is 5.32 Å². The maximum absolute atomic E-state index is 12.9. The molecule has 0 radical (unpaired) electrons. The van der Waals surface area contributed by atoms with Gasteiger partial charge in [-0.3, -0.25) is 9.36 Å². The number of likely N-dealkylation sites (N-methyl/N-ethyl adjacent to an activating group) is 1. The van der Waals surface area contributed by atoms with Gasteiger partial charge in [-0.15, -0.1) is 0 Å². The maximum atomic E-state index is 12.9. The van der Waals surface area contributed by atoms with Crippen molar-refractivity contribution in [1.29, 1.82) is 0 Å². The third-order valence-electron chi connectivity index (χ3n) is 11.7. The van der Waals surface area contributed by atoms with Gasteiger partial charge >= 0.3 is 0 Å². The number of unbranched alkanes of at least 4 members (excludes halogenated alkanes) is 18. The first-order chi connectivity index (χ1) is 34.0. The predicted molar refractivity (Wildman–Crippen MR) is 302 cm³/mol. The zero-order valence-corrected chi connectivity index (χ0v) is 46.3. The lowest BCUT2D eigenvalue weighted by atomic mass is 10.0. The van der Waals surface area contributed by atoms with Crippen LogP contribution < -0.4 is 10.2 Å². The van der Waals surface area contributed by atoms with Crippen LogP contribution in [0.1, 0.15) is 206 Å². The number of hydrogen-bond acceptors (Lipinski definition) is 6. The Morgan fingerprint density at radius 3 is 1.33 bits per heavy atom. The summed E-state index contributed by atoms with van der Waals surface area (Å²) in [6.07, 6.45) is 75.6. The molecule has 9 heteroatoms. The fraction of sp³-hybridized carbons (Fsp3) is 0.656. The Morgan fingerprint density at radius 2 is 0.886 bits per heavy atom. The van der Waals surface area contributed by atoms with Gasteiger partial charge in [-0.05, 0) is 96.3 Å². The van der Waals surface area contributed by atoms with Crippen molar-refractivity contribution in [3.63, 3.8) is 0 Å². The van der Waals surface area contributed by atoms with Crippen molar-refractivity contribution in [3.05, 3.63) is 122 Å². The van der Waals surface area contributed by atoms with E-state index in [9.17, 15) is 19.4 Å². The second kappa shape index (κ2) is 50.8. The van der Waals surface area contributed by atoms with Crippen molar-refractivity contribution in [3.8, 4) is 0 Å². The number of carbonyl (C=O) groups excluding carboxylic acids is 1. The standard InChI is InChI=1S/C61H105N2O6P/c1-6-8-10-12-14-16-18-20-22-24-26-28-29-30-31-32-33-35-37-39-41-43-45-47-49-51-53-55-61(65)62-59(58-69-70(66,67)68-57-56-63(3,4)5)60(64)54-52-50-48-46-44-42-40-38-36-34-27-25-23-21-19-17-15-13-11-9-7-2/h8,10,14,16,20,22,26,28,30-31,33,35,39,41,44-47,52,54,59-60,64H,6-7,9,11-13,15,17-19,21,23-25,27,29,32,34,36-38,40,42-43,48-51,53,55-58H2,1-5H3,(H-,62,65,66,67)/b10-8-,16-14-,22-20-,28-26-,31-30-,35-33-,41-39-,46-44+,47-45-,54-52+. The van der Waals surface area contributed by atoms with E-state index in [4.69, 9.17) is 9.05 Å². The van der Waals surface area contributed by atoms with E-state index < -0.39 is 26.6 Å². The number of quaternary nitrogens is 1. The fourth-order valence-electron chi connectivity index (χ4n) is 7.30. The highest BCUT2D eigenvalue weighted by atomic mass is 31.2.